The number of fused-ring (bicyclic) bond motifs is 1. The van der Waals surface area contributed by atoms with Crippen LogP contribution in [0.15, 0.2) is 52.0 Å². The van der Waals surface area contributed by atoms with Gasteiger partial charge >= 0.3 is 0 Å². The number of hydrogen-bond acceptors (Lipinski definition) is 4. The molecule has 1 aliphatic heterocycles. The van der Waals surface area contributed by atoms with Crippen LogP contribution in [0.2, 0.25) is 0 Å². The highest BCUT2D eigenvalue weighted by Crippen LogP contribution is 2.24. The van der Waals surface area contributed by atoms with Crippen molar-refractivity contribution in [3.8, 4) is 0 Å². The molecule has 1 fully saturated rings. The first-order valence-corrected chi connectivity index (χ1v) is 11.2. The molecule has 3 N–H and O–H groups in total. The molecule has 7 heteroatoms. The van der Waals surface area contributed by atoms with Crippen molar-refractivity contribution >= 4 is 16.9 Å². The van der Waals surface area contributed by atoms with Gasteiger partial charge in [-0.3, -0.25) is 9.89 Å². The number of nitrogens with one attached hydrogen (secondary N) is 3. The summed E-state index contributed by atoms with van der Waals surface area (Å²) in [6.07, 6.45) is 3.03. The molecule has 1 atom stereocenters. The second-order valence-corrected chi connectivity index (χ2v) is 7.87. The second kappa shape index (κ2) is 10.5. The molecule has 0 radical (unpaired) electrons. The molecule has 2 aromatic heterocycles. The highest BCUT2D eigenvalue weighted by atomic mass is 16.5. The van der Waals surface area contributed by atoms with Crippen LogP contribution in [0.25, 0.3) is 10.9 Å². The normalized spacial score (nSPS) is 16.5. The van der Waals surface area contributed by atoms with Crippen molar-refractivity contribution in [1.82, 2.24) is 20.5 Å². The van der Waals surface area contributed by atoms with E-state index in [1.54, 1.807) is 0 Å². The number of furan rings is 1. The van der Waals surface area contributed by atoms with E-state index in [0.717, 1.165) is 63.3 Å². The summed E-state index contributed by atoms with van der Waals surface area (Å²) in [5, 5.41) is 8.15. The van der Waals surface area contributed by atoms with Crippen LogP contribution in [-0.2, 0) is 11.2 Å². The van der Waals surface area contributed by atoms with Gasteiger partial charge < -0.3 is 24.8 Å². The molecule has 3 heterocycles. The first-order valence-electron chi connectivity index (χ1n) is 11.2. The quantitative estimate of drug-likeness (QED) is 0.383. The lowest BCUT2D eigenvalue weighted by Gasteiger charge is -2.32. The second-order valence-electron chi connectivity index (χ2n) is 7.87. The number of guanidine groups is 1. The van der Waals surface area contributed by atoms with Crippen LogP contribution < -0.4 is 10.6 Å². The van der Waals surface area contributed by atoms with Crippen LogP contribution >= 0.6 is 0 Å². The van der Waals surface area contributed by atoms with E-state index in [-0.39, 0.29) is 6.04 Å². The third-order valence-corrected chi connectivity index (χ3v) is 5.70. The summed E-state index contributed by atoms with van der Waals surface area (Å²) >= 11 is 0. The minimum Gasteiger partial charge on any atom is -0.465 e. The summed E-state index contributed by atoms with van der Waals surface area (Å²) in [7, 11) is 0. The van der Waals surface area contributed by atoms with Crippen molar-refractivity contribution in [2.24, 2.45) is 4.99 Å². The van der Waals surface area contributed by atoms with E-state index >= 15 is 0 Å². The Morgan fingerprint density at radius 3 is 2.77 bits per heavy atom. The van der Waals surface area contributed by atoms with Crippen LogP contribution in [0.5, 0.6) is 0 Å². The monoisotopic (exact) mass is 423 g/mol. The van der Waals surface area contributed by atoms with Crippen LogP contribution in [0.4, 0.5) is 0 Å². The number of aromatic nitrogens is 1. The van der Waals surface area contributed by atoms with Gasteiger partial charge in [-0.2, -0.15) is 0 Å². The maximum atomic E-state index is 5.97. The van der Waals surface area contributed by atoms with Crippen molar-refractivity contribution in [3.05, 3.63) is 59.7 Å². The van der Waals surface area contributed by atoms with Crippen molar-refractivity contribution in [2.75, 3.05) is 45.9 Å². The fraction of sp³-hybridized carbons (Fsp3) is 0.458. The van der Waals surface area contributed by atoms with E-state index in [9.17, 15) is 0 Å². The number of morpholine rings is 1. The molecule has 1 aromatic carbocycles. The van der Waals surface area contributed by atoms with Gasteiger partial charge in [-0.05, 0) is 44.0 Å². The first kappa shape index (κ1) is 21.5. The number of aromatic amines is 1. The van der Waals surface area contributed by atoms with Crippen molar-refractivity contribution in [2.45, 2.75) is 26.3 Å². The number of aryl methyl sites for hydroxylation is 1. The lowest BCUT2D eigenvalue weighted by Crippen LogP contribution is -2.42. The molecule has 3 aromatic rings. The standard InChI is InChI=1S/C24H33N5O2/c1-3-25-24(26-11-10-19-16-27-21-7-5-4-6-20(19)21)28-17-22(23-9-8-18(2)31-23)29-12-14-30-15-13-29/h4-9,16,22,27H,3,10-15,17H2,1-2H3,(H2,25,26,28). The Hall–Kier alpha value is -2.77. The molecule has 0 aliphatic carbocycles. The van der Waals surface area contributed by atoms with Gasteiger partial charge in [-0.15, -0.1) is 0 Å². The Kier molecular flexibility index (Phi) is 7.27. The lowest BCUT2D eigenvalue weighted by atomic mass is 10.1. The highest BCUT2D eigenvalue weighted by molar-refractivity contribution is 5.83. The Morgan fingerprint density at radius 2 is 2.00 bits per heavy atom. The summed E-state index contributed by atoms with van der Waals surface area (Å²) < 4.78 is 11.5. The van der Waals surface area contributed by atoms with Crippen LogP contribution in [0.3, 0.4) is 0 Å². The first-order chi connectivity index (χ1) is 15.2. The summed E-state index contributed by atoms with van der Waals surface area (Å²) in [6.45, 7) is 9.64. The minimum atomic E-state index is 0.113. The Morgan fingerprint density at radius 1 is 1.16 bits per heavy atom. The van der Waals surface area contributed by atoms with Gasteiger partial charge in [-0.1, -0.05) is 18.2 Å². The average Bonchev–Trinajstić information content (AvgIpc) is 3.41. The number of rotatable bonds is 8. The number of nitrogens with zero attached hydrogens (tertiary/aromatic N) is 2. The predicted octanol–water partition coefficient (Wildman–Crippen LogP) is 3.24. The SMILES string of the molecule is CCNC(=NCC(c1ccc(C)o1)N1CCOCC1)NCCc1c[nH]c2ccccc12. The van der Waals surface area contributed by atoms with Gasteiger partial charge in [0.2, 0.25) is 0 Å². The van der Waals surface area contributed by atoms with Crippen molar-refractivity contribution < 1.29 is 9.15 Å². The van der Waals surface area contributed by atoms with Gasteiger partial charge in [0, 0.05) is 43.3 Å². The minimum absolute atomic E-state index is 0.113. The smallest absolute Gasteiger partial charge is 0.191 e. The molecule has 31 heavy (non-hydrogen) atoms. The number of hydrogen-bond donors (Lipinski definition) is 3. The molecule has 4 rings (SSSR count). The highest BCUT2D eigenvalue weighted by Gasteiger charge is 2.25. The molecule has 0 saturated carbocycles. The number of H-pyrrole nitrogens is 1. The molecule has 1 unspecified atom stereocenters. The number of ether oxygens (including phenoxy) is 1. The molecule has 166 valence electrons. The zero-order chi connectivity index (χ0) is 21.5. The lowest BCUT2D eigenvalue weighted by molar-refractivity contribution is 0.0135. The average molecular weight is 424 g/mol. The molecule has 0 amide bonds. The molecular weight excluding hydrogens is 390 g/mol. The largest absolute Gasteiger partial charge is 0.465 e. The maximum Gasteiger partial charge on any atom is 0.191 e. The van der Waals surface area contributed by atoms with Gasteiger partial charge in [0.05, 0.1) is 25.8 Å². The summed E-state index contributed by atoms with van der Waals surface area (Å²) in [6, 6.07) is 12.6. The topological polar surface area (TPSA) is 77.8 Å². The van der Waals surface area contributed by atoms with Gasteiger partial charge in [0.15, 0.2) is 5.96 Å². The maximum absolute atomic E-state index is 5.97. The summed E-state index contributed by atoms with van der Waals surface area (Å²) in [4.78, 5) is 10.7. The van der Waals surface area contributed by atoms with E-state index in [1.807, 2.05) is 13.0 Å². The third-order valence-electron chi connectivity index (χ3n) is 5.70. The molecule has 1 aliphatic rings. The molecular formula is C24H33N5O2. The van der Waals surface area contributed by atoms with Gasteiger partial charge in [0.25, 0.3) is 0 Å². The fourth-order valence-electron chi connectivity index (χ4n) is 4.08. The van der Waals surface area contributed by atoms with E-state index in [0.29, 0.717) is 6.54 Å². The van der Waals surface area contributed by atoms with Crippen molar-refractivity contribution in [1.29, 1.82) is 0 Å². The van der Waals surface area contributed by atoms with Crippen molar-refractivity contribution in [3.63, 3.8) is 0 Å². The Labute approximate surface area is 183 Å². The third kappa shape index (κ3) is 5.48. The van der Waals surface area contributed by atoms with Crippen LogP contribution in [-0.4, -0.2) is 61.8 Å². The zero-order valence-corrected chi connectivity index (χ0v) is 18.5. The summed E-state index contributed by atoms with van der Waals surface area (Å²) in [5.41, 5.74) is 2.50. The molecule has 7 nitrogen and oxygen atoms in total. The van der Waals surface area contributed by atoms with E-state index in [1.165, 1.54) is 16.5 Å². The van der Waals surface area contributed by atoms with E-state index in [4.69, 9.17) is 14.1 Å². The predicted molar refractivity (Wildman–Crippen MR) is 125 cm³/mol. The number of benzene rings is 1. The van der Waals surface area contributed by atoms with E-state index < -0.39 is 0 Å². The number of para-hydroxylation sites is 1. The van der Waals surface area contributed by atoms with Gasteiger partial charge in [-0.25, -0.2) is 0 Å². The Balaban J connectivity index is 1.41. The van der Waals surface area contributed by atoms with Gasteiger partial charge in [0.1, 0.15) is 11.5 Å². The van der Waals surface area contributed by atoms with Crippen LogP contribution in [0, 0.1) is 6.92 Å². The zero-order valence-electron chi connectivity index (χ0n) is 18.5. The van der Waals surface area contributed by atoms with E-state index in [2.05, 4.69) is 64.0 Å². The molecule has 0 bridgehead atoms. The fourth-order valence-corrected chi connectivity index (χ4v) is 4.08. The molecule has 1 saturated heterocycles. The summed E-state index contributed by atoms with van der Waals surface area (Å²) in [5.74, 6) is 2.74. The number of aliphatic imine (C=N–C) groups is 1. The Bertz CT molecular complexity index is 987. The molecule has 0 spiro atoms. The van der Waals surface area contributed by atoms with Crippen LogP contribution in [0.1, 0.15) is 30.0 Å².